The molecule has 4 nitrogen and oxygen atoms in total. The van der Waals surface area contributed by atoms with Gasteiger partial charge in [-0.2, -0.15) is 13.2 Å². The molecule has 0 fully saturated rings. The van der Waals surface area contributed by atoms with Gasteiger partial charge in [0, 0.05) is 16.9 Å². The number of aryl methyl sites for hydroxylation is 1. The van der Waals surface area contributed by atoms with E-state index < -0.39 is 23.5 Å². The molecule has 1 aromatic heterocycles. The minimum atomic E-state index is -4.87. The second-order valence-corrected chi connectivity index (χ2v) is 5.33. The predicted molar refractivity (Wildman–Crippen MR) is 79.6 cm³/mol. The normalized spacial score (nSPS) is 11.5. The van der Waals surface area contributed by atoms with Crippen LogP contribution in [0, 0.1) is 19.7 Å². The Morgan fingerprint density at radius 1 is 1.17 bits per heavy atom. The summed E-state index contributed by atoms with van der Waals surface area (Å²) < 4.78 is 51.4. The van der Waals surface area contributed by atoms with Crippen LogP contribution in [-0.2, 0) is 6.18 Å². The zero-order chi connectivity index (χ0) is 18.2. The molecular formula is C16H14F4N2O2. The summed E-state index contributed by atoms with van der Waals surface area (Å²) in [5, 5.41) is 2.27. The van der Waals surface area contributed by atoms with E-state index in [1.165, 1.54) is 6.92 Å². The number of hydrogen-bond donors (Lipinski definition) is 2. The Morgan fingerprint density at radius 2 is 1.79 bits per heavy atom. The number of alkyl halides is 3. The lowest BCUT2D eigenvalue weighted by atomic mass is 10.1. The lowest BCUT2D eigenvalue weighted by Crippen LogP contribution is -2.15. The summed E-state index contributed by atoms with van der Waals surface area (Å²) in [4.78, 5) is 26.5. The first-order valence-electron chi connectivity index (χ1n) is 6.90. The molecule has 1 aromatic carbocycles. The highest BCUT2D eigenvalue weighted by Gasteiger charge is 2.34. The van der Waals surface area contributed by atoms with Gasteiger partial charge < -0.3 is 10.3 Å². The Hall–Kier alpha value is -2.64. The number of benzene rings is 1. The first kappa shape index (κ1) is 17.7. The number of aromatic nitrogens is 1. The number of amides is 1. The number of rotatable bonds is 3. The number of aromatic amines is 1. The molecule has 1 heterocycles. The summed E-state index contributed by atoms with van der Waals surface area (Å²) in [5.41, 5.74) is -0.365. The molecule has 0 spiro atoms. The van der Waals surface area contributed by atoms with Crippen molar-refractivity contribution in [2.24, 2.45) is 0 Å². The van der Waals surface area contributed by atoms with Gasteiger partial charge in [0.15, 0.2) is 5.78 Å². The van der Waals surface area contributed by atoms with Gasteiger partial charge >= 0.3 is 6.18 Å². The predicted octanol–water partition coefficient (Wildman–Crippen LogP) is 4.24. The van der Waals surface area contributed by atoms with Crippen molar-refractivity contribution >= 4 is 17.4 Å². The molecule has 8 heteroatoms. The van der Waals surface area contributed by atoms with Crippen LogP contribution >= 0.6 is 0 Å². The van der Waals surface area contributed by atoms with Crippen LogP contribution in [0.1, 0.15) is 44.6 Å². The van der Waals surface area contributed by atoms with Gasteiger partial charge in [-0.3, -0.25) is 9.59 Å². The molecule has 0 aliphatic carbocycles. The first-order valence-corrected chi connectivity index (χ1v) is 6.90. The zero-order valence-electron chi connectivity index (χ0n) is 13.1. The molecule has 2 rings (SSSR count). The Balaban J connectivity index is 2.35. The lowest BCUT2D eigenvalue weighted by Gasteiger charge is -2.11. The van der Waals surface area contributed by atoms with Crippen molar-refractivity contribution in [3.8, 4) is 0 Å². The van der Waals surface area contributed by atoms with E-state index in [1.807, 2.05) is 0 Å². The molecule has 0 bridgehead atoms. The maximum Gasteiger partial charge on any atom is 0.419 e. The van der Waals surface area contributed by atoms with E-state index in [4.69, 9.17) is 0 Å². The minimum absolute atomic E-state index is 0.0654. The smallest absolute Gasteiger partial charge is 0.354 e. The molecule has 128 valence electrons. The van der Waals surface area contributed by atoms with Gasteiger partial charge in [-0.05, 0) is 44.5 Å². The number of hydrogen-bond acceptors (Lipinski definition) is 2. The van der Waals surface area contributed by atoms with Crippen molar-refractivity contribution in [2.75, 3.05) is 5.32 Å². The highest BCUT2D eigenvalue weighted by atomic mass is 19.4. The van der Waals surface area contributed by atoms with E-state index in [2.05, 4.69) is 10.3 Å². The van der Waals surface area contributed by atoms with E-state index >= 15 is 0 Å². The highest BCUT2D eigenvalue weighted by Crippen LogP contribution is 2.33. The van der Waals surface area contributed by atoms with E-state index in [9.17, 15) is 27.2 Å². The van der Waals surface area contributed by atoms with Crippen LogP contribution in [0.25, 0.3) is 0 Å². The fourth-order valence-corrected chi connectivity index (χ4v) is 2.52. The molecule has 0 atom stereocenters. The van der Waals surface area contributed by atoms with Crippen molar-refractivity contribution in [3.63, 3.8) is 0 Å². The largest absolute Gasteiger partial charge is 0.419 e. The van der Waals surface area contributed by atoms with E-state index in [0.717, 1.165) is 6.07 Å². The van der Waals surface area contributed by atoms with Gasteiger partial charge in [-0.25, -0.2) is 4.39 Å². The number of halogens is 4. The Morgan fingerprint density at radius 3 is 2.29 bits per heavy atom. The van der Waals surface area contributed by atoms with Crippen molar-refractivity contribution in [1.29, 1.82) is 0 Å². The fraction of sp³-hybridized carbons (Fsp3) is 0.250. The van der Waals surface area contributed by atoms with Gasteiger partial charge in [0.2, 0.25) is 0 Å². The molecule has 1 amide bonds. The van der Waals surface area contributed by atoms with Gasteiger partial charge in [0.05, 0.1) is 5.56 Å². The molecule has 24 heavy (non-hydrogen) atoms. The first-order chi connectivity index (χ1) is 11.0. The monoisotopic (exact) mass is 342 g/mol. The fourth-order valence-electron chi connectivity index (χ4n) is 2.52. The van der Waals surface area contributed by atoms with Crippen molar-refractivity contribution < 1.29 is 27.2 Å². The van der Waals surface area contributed by atoms with Gasteiger partial charge in [0.25, 0.3) is 5.91 Å². The van der Waals surface area contributed by atoms with Crippen molar-refractivity contribution in [3.05, 3.63) is 52.1 Å². The number of H-pyrrole nitrogens is 1. The number of nitrogens with one attached hydrogen (secondary N) is 2. The third-order valence-corrected chi connectivity index (χ3v) is 3.55. The molecule has 2 N–H and O–H groups in total. The maximum atomic E-state index is 13.3. The summed E-state index contributed by atoms with van der Waals surface area (Å²) >= 11 is 0. The number of anilines is 1. The topological polar surface area (TPSA) is 62.0 Å². The number of ketones is 1. The second-order valence-electron chi connectivity index (χ2n) is 5.33. The van der Waals surface area contributed by atoms with Crippen molar-refractivity contribution in [1.82, 2.24) is 4.98 Å². The summed E-state index contributed by atoms with van der Waals surface area (Å²) in [6.45, 7) is 4.52. The molecular weight excluding hydrogens is 328 g/mol. The summed E-state index contributed by atoms with van der Waals surface area (Å²) in [6.07, 6.45) is -4.87. The van der Waals surface area contributed by atoms with Crippen LogP contribution < -0.4 is 5.32 Å². The van der Waals surface area contributed by atoms with E-state index in [1.54, 1.807) is 13.8 Å². The van der Waals surface area contributed by atoms with Crippen LogP contribution in [0.4, 0.5) is 23.2 Å². The van der Waals surface area contributed by atoms with Crippen LogP contribution in [0.2, 0.25) is 0 Å². The SMILES string of the molecule is CC(=O)c1c(C)[nH]c(C(=O)Nc2ccc(F)c(C(F)(F)F)c2)c1C. The quantitative estimate of drug-likeness (QED) is 0.647. The van der Waals surface area contributed by atoms with E-state index in [-0.39, 0.29) is 17.2 Å². The molecule has 0 saturated heterocycles. The highest BCUT2D eigenvalue weighted by molar-refractivity contribution is 6.07. The number of carbonyl (C=O) groups excluding carboxylic acids is 2. The zero-order valence-corrected chi connectivity index (χ0v) is 13.1. The summed E-state index contributed by atoms with van der Waals surface area (Å²) in [7, 11) is 0. The Bertz CT molecular complexity index is 822. The lowest BCUT2D eigenvalue weighted by molar-refractivity contribution is -0.139. The summed E-state index contributed by atoms with van der Waals surface area (Å²) in [6, 6.07) is 2.18. The van der Waals surface area contributed by atoms with Crippen LogP contribution in [0.15, 0.2) is 18.2 Å². The molecule has 0 aliphatic heterocycles. The Kier molecular flexibility index (Phi) is 4.50. The molecule has 2 aromatic rings. The molecule has 0 aliphatic rings. The molecule has 0 radical (unpaired) electrons. The van der Waals surface area contributed by atoms with Crippen LogP contribution in [0.5, 0.6) is 0 Å². The molecule has 0 saturated carbocycles. The number of Topliss-reactive ketones (excluding diaryl/α,β-unsaturated/α-hetero) is 1. The van der Waals surface area contributed by atoms with Crippen LogP contribution in [0.3, 0.4) is 0 Å². The third kappa shape index (κ3) is 3.32. The molecule has 0 unspecified atom stereocenters. The van der Waals surface area contributed by atoms with E-state index in [0.29, 0.717) is 29.0 Å². The average Bonchev–Trinajstić information content (AvgIpc) is 2.75. The maximum absolute atomic E-state index is 13.3. The second kappa shape index (κ2) is 6.10. The summed E-state index contributed by atoms with van der Waals surface area (Å²) in [5.74, 6) is -2.38. The standard InChI is InChI=1S/C16H14F4N2O2/c1-7-13(9(3)23)8(2)21-14(7)15(24)22-10-4-5-12(17)11(6-10)16(18,19)20/h4-6,21H,1-3H3,(H,22,24). The average molecular weight is 342 g/mol. The van der Waals surface area contributed by atoms with Gasteiger partial charge in [0.1, 0.15) is 11.5 Å². The van der Waals surface area contributed by atoms with Gasteiger partial charge in [-0.15, -0.1) is 0 Å². The van der Waals surface area contributed by atoms with Crippen molar-refractivity contribution in [2.45, 2.75) is 26.9 Å². The number of carbonyl (C=O) groups is 2. The Labute approximate surface area is 134 Å². The van der Waals surface area contributed by atoms with Crippen LogP contribution in [-0.4, -0.2) is 16.7 Å². The van der Waals surface area contributed by atoms with Gasteiger partial charge in [-0.1, -0.05) is 0 Å². The minimum Gasteiger partial charge on any atom is -0.354 e. The third-order valence-electron chi connectivity index (χ3n) is 3.55.